The number of hydrogen-bond acceptors (Lipinski definition) is 2. The zero-order valence-electron chi connectivity index (χ0n) is 12.8. The van der Waals surface area contributed by atoms with Gasteiger partial charge < -0.3 is 10.5 Å². The topological polar surface area (TPSA) is 35.2 Å². The van der Waals surface area contributed by atoms with Crippen LogP contribution in [-0.2, 0) is 0 Å². The Balaban J connectivity index is 1.93. The molecular weight excluding hydrogens is 296 g/mol. The van der Waals surface area contributed by atoms with Gasteiger partial charge in [-0.2, -0.15) is 0 Å². The zero-order valence-corrected chi connectivity index (χ0v) is 12.8. The molecule has 0 fully saturated rings. The minimum absolute atomic E-state index is 0.269. The van der Waals surface area contributed by atoms with Gasteiger partial charge in [-0.05, 0) is 43.9 Å². The first kappa shape index (κ1) is 15.7. The van der Waals surface area contributed by atoms with Gasteiger partial charge in [-0.15, -0.1) is 0 Å². The molecular formula is C19H19F2NO. The third-order valence-corrected chi connectivity index (χ3v) is 4.10. The molecule has 2 N–H and O–H groups in total. The van der Waals surface area contributed by atoms with E-state index in [1.165, 1.54) is 12.1 Å². The number of ether oxygens (including phenoxy) is 1. The molecule has 0 heterocycles. The summed E-state index contributed by atoms with van der Waals surface area (Å²) in [6.45, 7) is 0. The van der Waals surface area contributed by atoms with Crippen LogP contribution in [0.2, 0.25) is 0 Å². The molecule has 3 rings (SSSR count). The van der Waals surface area contributed by atoms with E-state index in [0.29, 0.717) is 5.75 Å². The lowest BCUT2D eigenvalue weighted by Crippen LogP contribution is -2.17. The predicted octanol–water partition coefficient (Wildman–Crippen LogP) is 5.26. The summed E-state index contributed by atoms with van der Waals surface area (Å²) >= 11 is 0. The van der Waals surface area contributed by atoms with Gasteiger partial charge in [-0.25, -0.2) is 8.78 Å². The summed E-state index contributed by atoms with van der Waals surface area (Å²) in [5, 5.41) is 0. The summed E-state index contributed by atoms with van der Waals surface area (Å²) in [4.78, 5) is 0. The lowest BCUT2D eigenvalue weighted by atomic mass is 9.90. The van der Waals surface area contributed by atoms with E-state index in [2.05, 4.69) is 6.08 Å². The van der Waals surface area contributed by atoms with E-state index >= 15 is 0 Å². The molecule has 1 atom stereocenters. The molecule has 0 bridgehead atoms. The van der Waals surface area contributed by atoms with Gasteiger partial charge in [0.2, 0.25) is 0 Å². The van der Waals surface area contributed by atoms with E-state index in [1.54, 1.807) is 24.3 Å². The summed E-state index contributed by atoms with van der Waals surface area (Å²) in [7, 11) is 0. The fraction of sp³-hybridized carbons (Fsp3) is 0.263. The molecule has 0 saturated heterocycles. The number of nitrogens with two attached hydrogens (primary N) is 1. The highest BCUT2D eigenvalue weighted by atomic mass is 19.1. The van der Waals surface area contributed by atoms with Crippen LogP contribution in [0.1, 0.15) is 37.3 Å². The Morgan fingerprint density at radius 3 is 2.48 bits per heavy atom. The van der Waals surface area contributed by atoms with E-state index in [9.17, 15) is 8.78 Å². The maximum absolute atomic E-state index is 14.8. The van der Waals surface area contributed by atoms with Crippen molar-refractivity contribution >= 4 is 0 Å². The Bertz CT molecular complexity index is 713. The fourth-order valence-electron chi connectivity index (χ4n) is 2.83. The van der Waals surface area contributed by atoms with Crippen LogP contribution in [-0.4, -0.2) is 0 Å². The van der Waals surface area contributed by atoms with Crippen LogP contribution in [0.4, 0.5) is 8.78 Å². The minimum Gasteiger partial charge on any atom is -0.451 e. The van der Waals surface area contributed by atoms with Crippen molar-refractivity contribution in [1.29, 1.82) is 0 Å². The maximum Gasteiger partial charge on any atom is 0.198 e. The lowest BCUT2D eigenvalue weighted by molar-refractivity contribution is 0.402. The second kappa shape index (κ2) is 6.92. The van der Waals surface area contributed by atoms with Crippen molar-refractivity contribution in [3.63, 3.8) is 0 Å². The Labute approximate surface area is 134 Å². The third-order valence-electron chi connectivity index (χ3n) is 4.10. The Morgan fingerprint density at radius 2 is 1.78 bits per heavy atom. The van der Waals surface area contributed by atoms with Crippen LogP contribution in [0.5, 0.6) is 11.5 Å². The van der Waals surface area contributed by atoms with Crippen molar-refractivity contribution in [3.8, 4) is 11.5 Å². The summed E-state index contributed by atoms with van der Waals surface area (Å²) < 4.78 is 34.1. The molecule has 0 aromatic heterocycles. The van der Waals surface area contributed by atoms with E-state index in [4.69, 9.17) is 10.5 Å². The molecule has 4 heteroatoms. The molecule has 2 nitrogen and oxygen atoms in total. The highest BCUT2D eigenvalue weighted by Gasteiger charge is 2.22. The molecule has 120 valence electrons. The van der Waals surface area contributed by atoms with Crippen LogP contribution in [0, 0.1) is 11.6 Å². The second-order valence-electron chi connectivity index (χ2n) is 5.70. The van der Waals surface area contributed by atoms with Gasteiger partial charge in [-0.3, -0.25) is 0 Å². The molecule has 23 heavy (non-hydrogen) atoms. The van der Waals surface area contributed by atoms with Crippen LogP contribution < -0.4 is 10.5 Å². The van der Waals surface area contributed by atoms with Gasteiger partial charge in [0, 0.05) is 5.56 Å². The van der Waals surface area contributed by atoms with Crippen LogP contribution in [0.3, 0.4) is 0 Å². The third kappa shape index (κ3) is 3.42. The number of halogens is 2. The number of allylic oxidation sites excluding steroid dienone is 1. The van der Waals surface area contributed by atoms with Crippen molar-refractivity contribution in [2.24, 2.45) is 5.73 Å². The van der Waals surface area contributed by atoms with Crippen LogP contribution >= 0.6 is 0 Å². The monoisotopic (exact) mass is 315 g/mol. The fourth-order valence-corrected chi connectivity index (χ4v) is 2.83. The molecule has 0 aliphatic heterocycles. The maximum atomic E-state index is 14.8. The standard InChI is InChI=1S/C19H19F2NO/c20-16-12-11-15(18(22)13-7-3-1-4-8-13)17(21)19(16)23-14-9-5-2-6-10-14/h2,5-7,9-12,18H,1,3-4,8,22H2. The van der Waals surface area contributed by atoms with E-state index in [1.807, 2.05) is 6.07 Å². The van der Waals surface area contributed by atoms with Gasteiger partial charge in [-0.1, -0.05) is 35.9 Å². The summed E-state index contributed by atoms with van der Waals surface area (Å²) in [5.41, 5.74) is 7.47. The summed E-state index contributed by atoms with van der Waals surface area (Å²) in [5.74, 6) is -1.48. The van der Waals surface area contributed by atoms with Gasteiger partial charge >= 0.3 is 0 Å². The van der Waals surface area contributed by atoms with Crippen molar-refractivity contribution in [1.82, 2.24) is 0 Å². The van der Waals surface area contributed by atoms with Crippen molar-refractivity contribution in [2.75, 3.05) is 0 Å². The molecule has 0 radical (unpaired) electrons. The molecule has 0 spiro atoms. The van der Waals surface area contributed by atoms with E-state index < -0.39 is 23.4 Å². The van der Waals surface area contributed by atoms with Crippen LogP contribution in [0.15, 0.2) is 54.1 Å². The van der Waals surface area contributed by atoms with Crippen LogP contribution in [0.25, 0.3) is 0 Å². The van der Waals surface area contributed by atoms with Crippen molar-refractivity contribution in [3.05, 3.63) is 71.3 Å². The Morgan fingerprint density at radius 1 is 1.00 bits per heavy atom. The first-order valence-electron chi connectivity index (χ1n) is 7.82. The average Bonchev–Trinajstić information content (AvgIpc) is 2.60. The molecule has 1 unspecified atom stereocenters. The smallest absolute Gasteiger partial charge is 0.198 e. The quantitative estimate of drug-likeness (QED) is 0.781. The molecule has 1 aliphatic carbocycles. The van der Waals surface area contributed by atoms with E-state index in [0.717, 1.165) is 31.3 Å². The molecule has 2 aromatic carbocycles. The first-order valence-corrected chi connectivity index (χ1v) is 7.82. The predicted molar refractivity (Wildman–Crippen MR) is 86.4 cm³/mol. The number of benzene rings is 2. The second-order valence-corrected chi connectivity index (χ2v) is 5.70. The van der Waals surface area contributed by atoms with E-state index in [-0.39, 0.29) is 5.56 Å². The molecule has 0 saturated carbocycles. The van der Waals surface area contributed by atoms with Crippen molar-refractivity contribution in [2.45, 2.75) is 31.7 Å². The Hall–Kier alpha value is -2.20. The summed E-state index contributed by atoms with van der Waals surface area (Å²) in [6.07, 6.45) is 6.06. The van der Waals surface area contributed by atoms with Crippen molar-refractivity contribution < 1.29 is 13.5 Å². The average molecular weight is 315 g/mol. The number of para-hydroxylation sites is 1. The summed E-state index contributed by atoms with van der Waals surface area (Å²) in [6, 6.07) is 10.6. The normalized spacial score (nSPS) is 15.9. The highest BCUT2D eigenvalue weighted by molar-refractivity contribution is 5.40. The highest BCUT2D eigenvalue weighted by Crippen LogP contribution is 2.35. The van der Waals surface area contributed by atoms with Gasteiger partial charge in [0.05, 0.1) is 6.04 Å². The molecule has 0 amide bonds. The number of hydrogen-bond donors (Lipinski definition) is 1. The zero-order chi connectivity index (χ0) is 16.2. The Kier molecular flexibility index (Phi) is 4.72. The van der Waals surface area contributed by atoms with Gasteiger partial charge in [0.1, 0.15) is 5.75 Å². The molecule has 2 aromatic rings. The SMILES string of the molecule is NC(C1=CCCCC1)c1ccc(F)c(Oc2ccccc2)c1F. The van der Waals surface area contributed by atoms with Gasteiger partial charge in [0.15, 0.2) is 17.4 Å². The van der Waals surface area contributed by atoms with Gasteiger partial charge in [0.25, 0.3) is 0 Å². The number of rotatable bonds is 4. The minimum atomic E-state index is -0.736. The molecule has 1 aliphatic rings. The largest absolute Gasteiger partial charge is 0.451 e. The lowest BCUT2D eigenvalue weighted by Gasteiger charge is -2.21. The first-order chi connectivity index (χ1) is 11.2.